The van der Waals surface area contributed by atoms with Crippen LogP contribution in [0.2, 0.25) is 0 Å². The van der Waals surface area contributed by atoms with Crippen LogP contribution in [0.3, 0.4) is 0 Å². The third-order valence-corrected chi connectivity index (χ3v) is 3.19. The van der Waals surface area contributed by atoms with Crippen molar-refractivity contribution in [3.63, 3.8) is 0 Å². The number of nitrogen functional groups attached to an aromatic ring is 1. The number of aromatic nitrogens is 2. The number of nitrogens with zero attached hydrogens (tertiary/aromatic N) is 2. The van der Waals surface area contributed by atoms with E-state index in [-0.39, 0.29) is 0 Å². The monoisotopic (exact) mass is 242 g/mol. The van der Waals surface area contributed by atoms with Crippen LogP contribution in [0.1, 0.15) is 22.3 Å². The predicted octanol–water partition coefficient (Wildman–Crippen LogP) is 3.04. The van der Waals surface area contributed by atoms with E-state index in [1.165, 1.54) is 16.7 Å². The van der Waals surface area contributed by atoms with Gasteiger partial charge in [0.15, 0.2) is 0 Å². The van der Waals surface area contributed by atoms with E-state index in [1.54, 1.807) is 6.20 Å². The number of anilines is 3. The van der Waals surface area contributed by atoms with Crippen molar-refractivity contribution in [3.05, 3.63) is 40.6 Å². The summed E-state index contributed by atoms with van der Waals surface area (Å²) in [4.78, 5) is 8.42. The Labute approximate surface area is 107 Å². The van der Waals surface area contributed by atoms with Crippen molar-refractivity contribution in [2.45, 2.75) is 27.7 Å². The standard InChI is InChI=1S/C14H18N4/c1-8-5-12(6-9(2)11(8)4)17-14-16-7-10(3)13(15)18-14/h5-7H,1-4H3,(H3,15,16,17,18). The number of hydrogen-bond donors (Lipinski definition) is 2. The van der Waals surface area contributed by atoms with Crippen LogP contribution in [0.5, 0.6) is 0 Å². The van der Waals surface area contributed by atoms with Gasteiger partial charge in [-0.05, 0) is 56.5 Å². The lowest BCUT2D eigenvalue weighted by atomic mass is 10.0. The molecule has 0 saturated carbocycles. The Morgan fingerprint density at radius 1 is 1.00 bits per heavy atom. The molecule has 0 radical (unpaired) electrons. The van der Waals surface area contributed by atoms with Crippen molar-refractivity contribution in [3.8, 4) is 0 Å². The summed E-state index contributed by atoms with van der Waals surface area (Å²) in [6.45, 7) is 8.20. The molecule has 0 amide bonds. The van der Waals surface area contributed by atoms with Gasteiger partial charge >= 0.3 is 0 Å². The minimum Gasteiger partial charge on any atom is -0.383 e. The second kappa shape index (κ2) is 4.64. The first-order chi connectivity index (χ1) is 8.47. The van der Waals surface area contributed by atoms with Crippen LogP contribution in [-0.2, 0) is 0 Å². The summed E-state index contributed by atoms with van der Waals surface area (Å²) in [7, 11) is 0. The molecule has 3 N–H and O–H groups in total. The molecule has 4 nitrogen and oxygen atoms in total. The quantitative estimate of drug-likeness (QED) is 0.849. The molecule has 94 valence electrons. The molecule has 0 atom stereocenters. The fourth-order valence-electron chi connectivity index (χ4n) is 1.75. The zero-order chi connectivity index (χ0) is 13.3. The molecule has 4 heteroatoms. The van der Waals surface area contributed by atoms with Gasteiger partial charge in [0.1, 0.15) is 5.82 Å². The molecular weight excluding hydrogens is 224 g/mol. The zero-order valence-corrected chi connectivity index (χ0v) is 11.2. The Hall–Kier alpha value is -2.10. The molecule has 2 aromatic rings. The van der Waals surface area contributed by atoms with E-state index in [0.717, 1.165) is 11.3 Å². The van der Waals surface area contributed by atoms with E-state index in [4.69, 9.17) is 5.73 Å². The molecule has 1 aromatic heterocycles. The number of rotatable bonds is 2. The summed E-state index contributed by atoms with van der Waals surface area (Å²) in [6, 6.07) is 4.17. The first kappa shape index (κ1) is 12.4. The van der Waals surface area contributed by atoms with E-state index >= 15 is 0 Å². The minimum absolute atomic E-state index is 0.507. The lowest BCUT2D eigenvalue weighted by molar-refractivity contribution is 1.14. The molecule has 2 rings (SSSR count). The van der Waals surface area contributed by atoms with E-state index in [9.17, 15) is 0 Å². The lowest BCUT2D eigenvalue weighted by Gasteiger charge is -2.11. The fourth-order valence-corrected chi connectivity index (χ4v) is 1.75. The average Bonchev–Trinajstić information content (AvgIpc) is 2.31. The largest absolute Gasteiger partial charge is 0.383 e. The van der Waals surface area contributed by atoms with Crippen molar-refractivity contribution in [2.24, 2.45) is 0 Å². The van der Waals surface area contributed by atoms with Gasteiger partial charge in [-0.15, -0.1) is 0 Å². The maximum Gasteiger partial charge on any atom is 0.229 e. The normalized spacial score (nSPS) is 10.4. The number of benzene rings is 1. The fraction of sp³-hybridized carbons (Fsp3) is 0.286. The average molecular weight is 242 g/mol. The highest BCUT2D eigenvalue weighted by Gasteiger charge is 2.04. The van der Waals surface area contributed by atoms with Crippen molar-refractivity contribution in [2.75, 3.05) is 11.1 Å². The summed E-state index contributed by atoms with van der Waals surface area (Å²) in [5.41, 5.74) is 11.4. The first-order valence-corrected chi connectivity index (χ1v) is 5.91. The number of aryl methyl sites for hydroxylation is 3. The minimum atomic E-state index is 0.507. The molecule has 0 saturated heterocycles. The van der Waals surface area contributed by atoms with Gasteiger partial charge in [-0.2, -0.15) is 4.98 Å². The van der Waals surface area contributed by atoms with Crippen molar-refractivity contribution >= 4 is 17.5 Å². The third kappa shape index (κ3) is 2.42. The second-order valence-electron chi connectivity index (χ2n) is 4.62. The van der Waals surface area contributed by atoms with Gasteiger partial charge in [0.05, 0.1) is 0 Å². The zero-order valence-electron chi connectivity index (χ0n) is 11.2. The van der Waals surface area contributed by atoms with Crippen LogP contribution in [-0.4, -0.2) is 9.97 Å². The highest BCUT2D eigenvalue weighted by atomic mass is 15.1. The van der Waals surface area contributed by atoms with E-state index in [0.29, 0.717) is 11.8 Å². The van der Waals surface area contributed by atoms with Crippen LogP contribution in [0.25, 0.3) is 0 Å². The number of nitrogens with two attached hydrogens (primary N) is 1. The molecule has 0 aliphatic carbocycles. The second-order valence-corrected chi connectivity index (χ2v) is 4.62. The van der Waals surface area contributed by atoms with Crippen LogP contribution >= 0.6 is 0 Å². The van der Waals surface area contributed by atoms with E-state index in [1.807, 2.05) is 6.92 Å². The van der Waals surface area contributed by atoms with Gasteiger partial charge in [-0.25, -0.2) is 4.98 Å². The molecule has 1 heterocycles. The first-order valence-electron chi connectivity index (χ1n) is 5.91. The van der Waals surface area contributed by atoms with Gasteiger partial charge in [-0.1, -0.05) is 0 Å². The molecule has 0 fully saturated rings. The summed E-state index contributed by atoms with van der Waals surface area (Å²) >= 11 is 0. The smallest absolute Gasteiger partial charge is 0.229 e. The Balaban J connectivity index is 2.31. The Kier molecular flexibility index (Phi) is 3.19. The van der Waals surface area contributed by atoms with Gasteiger partial charge < -0.3 is 11.1 Å². The maximum atomic E-state index is 5.77. The van der Waals surface area contributed by atoms with Gasteiger partial charge in [-0.3, -0.25) is 0 Å². The van der Waals surface area contributed by atoms with E-state index < -0.39 is 0 Å². The summed E-state index contributed by atoms with van der Waals surface area (Å²) in [6.07, 6.45) is 1.72. The Morgan fingerprint density at radius 2 is 1.61 bits per heavy atom. The molecule has 0 spiro atoms. The predicted molar refractivity (Wildman–Crippen MR) is 75.1 cm³/mol. The molecule has 0 unspecified atom stereocenters. The van der Waals surface area contributed by atoms with Crippen LogP contribution in [0.4, 0.5) is 17.5 Å². The highest BCUT2D eigenvalue weighted by molar-refractivity contribution is 5.59. The summed E-state index contributed by atoms with van der Waals surface area (Å²) < 4.78 is 0. The van der Waals surface area contributed by atoms with Crippen molar-refractivity contribution < 1.29 is 0 Å². The van der Waals surface area contributed by atoms with Crippen LogP contribution in [0.15, 0.2) is 18.3 Å². The van der Waals surface area contributed by atoms with Gasteiger partial charge in [0.25, 0.3) is 0 Å². The van der Waals surface area contributed by atoms with Crippen LogP contribution in [0, 0.1) is 27.7 Å². The summed E-state index contributed by atoms with van der Waals surface area (Å²) in [5, 5.41) is 3.18. The Bertz CT molecular complexity index is 567. The number of nitrogens with one attached hydrogen (secondary N) is 1. The number of hydrogen-bond acceptors (Lipinski definition) is 4. The van der Waals surface area contributed by atoms with Gasteiger partial charge in [0, 0.05) is 17.4 Å². The van der Waals surface area contributed by atoms with Crippen molar-refractivity contribution in [1.82, 2.24) is 9.97 Å². The molecule has 18 heavy (non-hydrogen) atoms. The summed E-state index contributed by atoms with van der Waals surface area (Å²) in [5.74, 6) is 1.04. The highest BCUT2D eigenvalue weighted by Crippen LogP contribution is 2.21. The molecular formula is C14H18N4. The van der Waals surface area contributed by atoms with Gasteiger partial charge in [0.2, 0.25) is 5.95 Å². The topological polar surface area (TPSA) is 63.8 Å². The SMILES string of the molecule is Cc1cnc(Nc2cc(C)c(C)c(C)c2)nc1N. The lowest BCUT2D eigenvalue weighted by Crippen LogP contribution is -2.02. The molecule has 0 aliphatic heterocycles. The maximum absolute atomic E-state index is 5.77. The van der Waals surface area contributed by atoms with Crippen LogP contribution < -0.4 is 11.1 Å². The van der Waals surface area contributed by atoms with E-state index in [2.05, 4.69) is 48.2 Å². The Morgan fingerprint density at radius 3 is 2.17 bits per heavy atom. The molecule has 0 aliphatic rings. The third-order valence-electron chi connectivity index (χ3n) is 3.19. The molecule has 0 bridgehead atoms. The molecule has 1 aromatic carbocycles. The van der Waals surface area contributed by atoms with Crippen molar-refractivity contribution in [1.29, 1.82) is 0 Å².